The summed E-state index contributed by atoms with van der Waals surface area (Å²) in [4.78, 5) is 14.4. The fraction of sp³-hybridized carbons (Fsp3) is 0.364. The normalized spacial score (nSPS) is 14.5. The molecule has 2 aromatic rings. The quantitative estimate of drug-likeness (QED) is 0.437. The number of amides is 1. The lowest BCUT2D eigenvalue weighted by Crippen LogP contribution is -2.28. The smallest absolute Gasteiger partial charge is 0.264 e. The van der Waals surface area contributed by atoms with Crippen LogP contribution in [-0.2, 0) is 4.79 Å². The van der Waals surface area contributed by atoms with Crippen LogP contribution in [0.5, 0.6) is 5.75 Å². The summed E-state index contributed by atoms with van der Waals surface area (Å²) in [6, 6.07) is 14.0. The molecule has 0 saturated carbocycles. The molecule has 1 saturated heterocycles. The highest BCUT2D eigenvalue weighted by Gasteiger charge is 2.22. The molecule has 0 atom stereocenters. The van der Waals surface area contributed by atoms with E-state index in [1.165, 1.54) is 0 Å². The Balaban J connectivity index is 2.03. The number of unbranched alkanes of at least 4 members (excludes halogenated alkanes) is 1. The van der Waals surface area contributed by atoms with Crippen LogP contribution in [0, 0.1) is 11.3 Å². The Morgan fingerprint density at radius 1 is 1.23 bits per heavy atom. The van der Waals surface area contributed by atoms with E-state index >= 15 is 0 Å². The van der Waals surface area contributed by atoms with Crippen molar-refractivity contribution in [3.63, 3.8) is 0 Å². The number of carbonyl (C=O) groups excluding carboxylic acids is 1. The SMILES string of the molecule is CCCCOc1ccc2ccccc2c1/C=C(\C#N)C(=O)N1CCCC1. The highest BCUT2D eigenvalue weighted by molar-refractivity contribution is 6.05. The molecule has 26 heavy (non-hydrogen) atoms. The van der Waals surface area contributed by atoms with Crippen molar-refractivity contribution in [3.05, 3.63) is 47.5 Å². The average Bonchev–Trinajstić information content (AvgIpc) is 3.21. The molecule has 1 fully saturated rings. The standard InChI is InChI=1S/C22H24N2O2/c1-2-3-14-26-21-11-10-17-8-4-5-9-19(17)20(21)15-18(16-23)22(25)24-12-6-7-13-24/h4-5,8-11,15H,2-3,6-7,12-14H2,1H3/b18-15+. The van der Waals surface area contributed by atoms with E-state index in [9.17, 15) is 10.1 Å². The molecule has 0 bridgehead atoms. The van der Waals surface area contributed by atoms with Crippen molar-refractivity contribution >= 4 is 22.8 Å². The van der Waals surface area contributed by atoms with Crippen LogP contribution in [0.2, 0.25) is 0 Å². The molecule has 1 aliphatic rings. The number of hydrogen-bond acceptors (Lipinski definition) is 3. The zero-order chi connectivity index (χ0) is 18.4. The summed E-state index contributed by atoms with van der Waals surface area (Å²) in [5, 5.41) is 11.6. The van der Waals surface area contributed by atoms with Crippen LogP contribution in [0.3, 0.4) is 0 Å². The summed E-state index contributed by atoms with van der Waals surface area (Å²) in [7, 11) is 0. The fourth-order valence-corrected chi connectivity index (χ4v) is 3.25. The van der Waals surface area contributed by atoms with Gasteiger partial charge in [0.1, 0.15) is 17.4 Å². The molecule has 1 heterocycles. The number of nitrogens with zero attached hydrogens (tertiary/aromatic N) is 2. The predicted molar refractivity (Wildman–Crippen MR) is 104 cm³/mol. The van der Waals surface area contributed by atoms with Crippen LogP contribution in [-0.4, -0.2) is 30.5 Å². The van der Waals surface area contributed by atoms with Crippen LogP contribution in [0.1, 0.15) is 38.2 Å². The van der Waals surface area contributed by atoms with Crippen LogP contribution in [0.25, 0.3) is 16.8 Å². The number of fused-ring (bicyclic) bond motifs is 1. The maximum absolute atomic E-state index is 12.7. The van der Waals surface area contributed by atoms with Crippen molar-refractivity contribution in [2.45, 2.75) is 32.6 Å². The molecule has 134 valence electrons. The predicted octanol–water partition coefficient (Wildman–Crippen LogP) is 4.55. The monoisotopic (exact) mass is 348 g/mol. The first-order chi connectivity index (χ1) is 12.7. The van der Waals surface area contributed by atoms with Gasteiger partial charge in [0.15, 0.2) is 0 Å². The molecule has 0 aliphatic carbocycles. The first kappa shape index (κ1) is 18.0. The Labute approximate surface area is 154 Å². The second kappa shape index (κ2) is 8.53. The minimum absolute atomic E-state index is 0.170. The third-order valence-corrected chi connectivity index (χ3v) is 4.72. The highest BCUT2D eigenvalue weighted by atomic mass is 16.5. The van der Waals surface area contributed by atoms with E-state index in [0.29, 0.717) is 6.61 Å². The summed E-state index contributed by atoms with van der Waals surface area (Å²) in [6.45, 7) is 4.20. The minimum atomic E-state index is -0.183. The number of nitriles is 1. The van der Waals surface area contributed by atoms with Crippen LogP contribution < -0.4 is 4.74 Å². The zero-order valence-electron chi connectivity index (χ0n) is 15.2. The van der Waals surface area contributed by atoms with Gasteiger partial charge in [-0.1, -0.05) is 43.7 Å². The molecule has 0 radical (unpaired) electrons. The lowest BCUT2D eigenvalue weighted by molar-refractivity contribution is -0.125. The first-order valence-electron chi connectivity index (χ1n) is 9.30. The van der Waals surface area contributed by atoms with Gasteiger partial charge >= 0.3 is 0 Å². The van der Waals surface area contributed by atoms with Gasteiger partial charge in [-0.3, -0.25) is 4.79 Å². The van der Waals surface area contributed by atoms with Crippen molar-refractivity contribution in [1.29, 1.82) is 5.26 Å². The summed E-state index contributed by atoms with van der Waals surface area (Å²) < 4.78 is 5.96. The summed E-state index contributed by atoms with van der Waals surface area (Å²) in [5.41, 5.74) is 0.979. The molecule has 1 aliphatic heterocycles. The Kier molecular flexibility index (Phi) is 5.91. The molecule has 0 unspecified atom stereocenters. The maximum Gasteiger partial charge on any atom is 0.264 e. The average molecular weight is 348 g/mol. The Hall–Kier alpha value is -2.80. The molecule has 3 rings (SSSR count). The van der Waals surface area contributed by atoms with Crippen LogP contribution in [0.4, 0.5) is 0 Å². The van der Waals surface area contributed by atoms with Crippen molar-refractivity contribution < 1.29 is 9.53 Å². The molecule has 4 heteroatoms. The Morgan fingerprint density at radius 2 is 2.00 bits per heavy atom. The van der Waals surface area contributed by atoms with Crippen molar-refractivity contribution in [3.8, 4) is 11.8 Å². The van der Waals surface area contributed by atoms with Gasteiger partial charge in [-0.2, -0.15) is 5.26 Å². The number of carbonyl (C=O) groups is 1. The van der Waals surface area contributed by atoms with E-state index in [1.807, 2.05) is 36.4 Å². The number of rotatable bonds is 6. The molecule has 0 N–H and O–H groups in total. The lowest BCUT2D eigenvalue weighted by Gasteiger charge is -2.15. The minimum Gasteiger partial charge on any atom is -0.493 e. The number of ether oxygens (including phenoxy) is 1. The van der Waals surface area contributed by atoms with Crippen molar-refractivity contribution in [2.75, 3.05) is 19.7 Å². The van der Waals surface area contributed by atoms with Crippen molar-refractivity contribution in [1.82, 2.24) is 4.90 Å². The third-order valence-electron chi connectivity index (χ3n) is 4.72. The van der Waals surface area contributed by atoms with Gasteiger partial charge in [-0.25, -0.2) is 0 Å². The zero-order valence-corrected chi connectivity index (χ0v) is 15.2. The largest absolute Gasteiger partial charge is 0.493 e. The Morgan fingerprint density at radius 3 is 2.73 bits per heavy atom. The lowest BCUT2D eigenvalue weighted by atomic mass is 10.0. The summed E-state index contributed by atoms with van der Waals surface area (Å²) in [6.07, 6.45) is 5.72. The van der Waals surface area contributed by atoms with Gasteiger partial charge in [0.2, 0.25) is 0 Å². The van der Waals surface area contributed by atoms with E-state index in [2.05, 4.69) is 13.0 Å². The number of benzene rings is 2. The molecule has 0 spiro atoms. The van der Waals surface area contributed by atoms with E-state index in [-0.39, 0.29) is 11.5 Å². The molecule has 1 amide bonds. The van der Waals surface area contributed by atoms with E-state index in [0.717, 1.165) is 60.9 Å². The van der Waals surface area contributed by atoms with Crippen LogP contribution in [0.15, 0.2) is 42.0 Å². The van der Waals surface area contributed by atoms with E-state index in [4.69, 9.17) is 4.74 Å². The summed E-state index contributed by atoms with van der Waals surface area (Å²) in [5.74, 6) is 0.538. The molecular formula is C22H24N2O2. The Bertz CT molecular complexity index is 858. The van der Waals surface area contributed by atoms with Crippen LogP contribution >= 0.6 is 0 Å². The number of likely N-dealkylation sites (tertiary alicyclic amines) is 1. The topological polar surface area (TPSA) is 53.3 Å². The second-order valence-electron chi connectivity index (χ2n) is 6.57. The maximum atomic E-state index is 12.7. The third kappa shape index (κ3) is 3.88. The van der Waals surface area contributed by atoms with Gasteiger partial charge in [-0.05, 0) is 42.2 Å². The number of hydrogen-bond donors (Lipinski definition) is 0. The van der Waals surface area contributed by atoms with Gasteiger partial charge in [0.05, 0.1) is 6.61 Å². The van der Waals surface area contributed by atoms with Gasteiger partial charge in [0.25, 0.3) is 5.91 Å². The molecule has 2 aromatic carbocycles. The molecule has 0 aromatic heterocycles. The molecule has 4 nitrogen and oxygen atoms in total. The fourth-order valence-electron chi connectivity index (χ4n) is 3.25. The first-order valence-corrected chi connectivity index (χ1v) is 9.30. The molecular weight excluding hydrogens is 324 g/mol. The highest BCUT2D eigenvalue weighted by Crippen LogP contribution is 2.31. The van der Waals surface area contributed by atoms with E-state index in [1.54, 1.807) is 11.0 Å². The summed E-state index contributed by atoms with van der Waals surface area (Å²) >= 11 is 0. The van der Waals surface area contributed by atoms with Gasteiger partial charge in [0, 0.05) is 18.7 Å². The van der Waals surface area contributed by atoms with E-state index < -0.39 is 0 Å². The van der Waals surface area contributed by atoms with Gasteiger partial charge in [-0.15, -0.1) is 0 Å². The van der Waals surface area contributed by atoms with Crippen molar-refractivity contribution in [2.24, 2.45) is 0 Å². The second-order valence-corrected chi connectivity index (χ2v) is 6.57. The van der Waals surface area contributed by atoms with Gasteiger partial charge < -0.3 is 9.64 Å².